The Morgan fingerprint density at radius 2 is 1.68 bits per heavy atom. The molecule has 1 aromatic rings. The molecule has 8 heteroatoms. The fourth-order valence-corrected chi connectivity index (χ4v) is 2.74. The van der Waals surface area contributed by atoms with Gasteiger partial charge in [0.2, 0.25) is 17.8 Å². The second-order valence-electron chi connectivity index (χ2n) is 5.45. The molecule has 0 atom stereocenters. The van der Waals surface area contributed by atoms with E-state index in [1.807, 2.05) is 0 Å². The van der Waals surface area contributed by atoms with Crippen molar-refractivity contribution in [1.82, 2.24) is 20.3 Å². The number of halogens is 1. The van der Waals surface area contributed by atoms with E-state index in [0.717, 1.165) is 36.5 Å². The van der Waals surface area contributed by atoms with Crippen molar-refractivity contribution in [3.63, 3.8) is 0 Å². The van der Waals surface area contributed by atoms with Crippen molar-refractivity contribution in [3.05, 3.63) is 18.0 Å². The average Bonchev–Trinajstić information content (AvgIpc) is 2.53. The highest BCUT2D eigenvalue weighted by atomic mass is 35.5. The number of rotatable bonds is 3. The number of anilines is 1. The van der Waals surface area contributed by atoms with Crippen molar-refractivity contribution in [1.29, 1.82) is 0 Å². The molecule has 2 N–H and O–H groups in total. The minimum Gasteiger partial charge on any atom is -0.317 e. The highest BCUT2D eigenvalue weighted by molar-refractivity contribution is 5.98. The van der Waals surface area contributed by atoms with Gasteiger partial charge in [-0.25, -0.2) is 9.97 Å². The van der Waals surface area contributed by atoms with Crippen LogP contribution in [0.3, 0.4) is 0 Å². The zero-order valence-electron chi connectivity index (χ0n) is 12.2. The lowest BCUT2D eigenvalue weighted by atomic mass is 9.92. The summed E-state index contributed by atoms with van der Waals surface area (Å²) in [6.07, 6.45) is 7.11. The predicted octanol–water partition coefficient (Wildman–Crippen LogP) is 1.23. The summed E-state index contributed by atoms with van der Waals surface area (Å²) in [5, 5.41) is 4.36. The molecule has 0 unspecified atom stereocenters. The molecular weight excluding hydrogens is 306 g/mol. The highest BCUT2D eigenvalue weighted by Crippen LogP contribution is 2.24. The molecule has 2 aliphatic rings. The normalized spacial score (nSPS) is 19.7. The number of amides is 2. The SMILES string of the molecule is Cl.O=C1CCCC(=O)N1Nc1ncc(C2CCNCC2)cn1. The van der Waals surface area contributed by atoms with E-state index < -0.39 is 0 Å². The van der Waals surface area contributed by atoms with Crippen LogP contribution in [0.2, 0.25) is 0 Å². The molecule has 7 nitrogen and oxygen atoms in total. The van der Waals surface area contributed by atoms with Crippen molar-refractivity contribution in [2.45, 2.75) is 38.0 Å². The van der Waals surface area contributed by atoms with Gasteiger partial charge in [0, 0.05) is 25.2 Å². The molecule has 0 aromatic carbocycles. The number of carbonyl (C=O) groups excluding carboxylic acids is 2. The maximum Gasteiger partial charge on any atom is 0.248 e. The summed E-state index contributed by atoms with van der Waals surface area (Å²) in [5.41, 5.74) is 3.82. The minimum atomic E-state index is -0.225. The van der Waals surface area contributed by atoms with Crippen LogP contribution in [0, 0.1) is 0 Å². The van der Waals surface area contributed by atoms with E-state index in [1.54, 1.807) is 12.4 Å². The Morgan fingerprint density at radius 1 is 1.09 bits per heavy atom. The highest BCUT2D eigenvalue weighted by Gasteiger charge is 2.26. The molecule has 1 aromatic heterocycles. The zero-order valence-corrected chi connectivity index (χ0v) is 13.1. The lowest BCUT2D eigenvalue weighted by molar-refractivity contribution is -0.146. The van der Waals surface area contributed by atoms with E-state index in [-0.39, 0.29) is 30.2 Å². The largest absolute Gasteiger partial charge is 0.317 e. The Morgan fingerprint density at radius 3 is 2.27 bits per heavy atom. The third-order valence-corrected chi connectivity index (χ3v) is 3.97. The molecule has 0 aliphatic carbocycles. The van der Waals surface area contributed by atoms with Gasteiger partial charge >= 0.3 is 0 Å². The fraction of sp³-hybridized carbons (Fsp3) is 0.571. The van der Waals surface area contributed by atoms with Crippen LogP contribution in [0.5, 0.6) is 0 Å². The first-order chi connectivity index (χ1) is 10.2. The maximum atomic E-state index is 11.7. The summed E-state index contributed by atoms with van der Waals surface area (Å²) in [7, 11) is 0. The molecule has 22 heavy (non-hydrogen) atoms. The van der Waals surface area contributed by atoms with E-state index >= 15 is 0 Å². The molecule has 0 bridgehead atoms. The van der Waals surface area contributed by atoms with Crippen molar-refractivity contribution >= 4 is 30.2 Å². The van der Waals surface area contributed by atoms with Crippen LogP contribution in [-0.2, 0) is 9.59 Å². The molecule has 0 radical (unpaired) electrons. The molecule has 3 heterocycles. The van der Waals surface area contributed by atoms with Gasteiger partial charge in [-0.05, 0) is 43.8 Å². The number of hydrogen-bond acceptors (Lipinski definition) is 6. The van der Waals surface area contributed by atoms with Gasteiger partial charge in [-0.15, -0.1) is 12.4 Å². The third-order valence-electron chi connectivity index (χ3n) is 3.97. The summed E-state index contributed by atoms with van der Waals surface area (Å²) >= 11 is 0. The molecule has 0 saturated carbocycles. The van der Waals surface area contributed by atoms with Crippen molar-refractivity contribution in [2.24, 2.45) is 0 Å². The summed E-state index contributed by atoms with van der Waals surface area (Å²) in [6, 6.07) is 0. The number of nitrogens with zero attached hydrogens (tertiary/aromatic N) is 3. The summed E-state index contributed by atoms with van der Waals surface area (Å²) in [5.74, 6) is 0.324. The van der Waals surface area contributed by atoms with E-state index in [9.17, 15) is 9.59 Å². The predicted molar refractivity (Wildman–Crippen MR) is 83.5 cm³/mol. The van der Waals surface area contributed by atoms with Gasteiger partial charge in [-0.3, -0.25) is 15.0 Å². The lowest BCUT2D eigenvalue weighted by Gasteiger charge is -2.25. The summed E-state index contributed by atoms with van der Waals surface area (Å²) < 4.78 is 0. The molecule has 3 rings (SSSR count). The Balaban J connectivity index is 0.00000176. The van der Waals surface area contributed by atoms with Gasteiger partial charge in [0.05, 0.1) is 0 Å². The van der Waals surface area contributed by atoms with E-state index in [2.05, 4.69) is 20.7 Å². The van der Waals surface area contributed by atoms with Gasteiger partial charge < -0.3 is 5.32 Å². The first-order valence-electron chi connectivity index (χ1n) is 7.39. The van der Waals surface area contributed by atoms with E-state index in [0.29, 0.717) is 25.2 Å². The first-order valence-corrected chi connectivity index (χ1v) is 7.39. The van der Waals surface area contributed by atoms with Gasteiger partial charge in [0.25, 0.3) is 0 Å². The average molecular weight is 326 g/mol. The quantitative estimate of drug-likeness (QED) is 0.813. The van der Waals surface area contributed by atoms with Crippen molar-refractivity contribution < 1.29 is 9.59 Å². The monoisotopic (exact) mass is 325 g/mol. The van der Waals surface area contributed by atoms with Gasteiger partial charge in [0.1, 0.15) is 0 Å². The van der Waals surface area contributed by atoms with E-state index in [1.165, 1.54) is 0 Å². The standard InChI is InChI=1S/C14H19N5O2.ClH/c20-12-2-1-3-13(21)19(12)18-14-16-8-11(9-17-14)10-4-6-15-7-5-10;/h8-10,15H,1-7H2,(H,16,17,18);1H. The number of hydrazine groups is 1. The fourth-order valence-electron chi connectivity index (χ4n) is 2.74. The second-order valence-corrected chi connectivity index (χ2v) is 5.45. The molecule has 0 spiro atoms. The zero-order chi connectivity index (χ0) is 14.7. The first kappa shape index (κ1) is 16.6. The topological polar surface area (TPSA) is 87.2 Å². The van der Waals surface area contributed by atoms with Crippen LogP contribution in [0.1, 0.15) is 43.6 Å². The van der Waals surface area contributed by atoms with Crippen LogP contribution >= 0.6 is 12.4 Å². The van der Waals surface area contributed by atoms with Crippen LogP contribution < -0.4 is 10.7 Å². The molecule has 2 saturated heterocycles. The smallest absolute Gasteiger partial charge is 0.248 e. The van der Waals surface area contributed by atoms with Crippen LogP contribution in [0.15, 0.2) is 12.4 Å². The second kappa shape index (κ2) is 7.51. The molecule has 2 amide bonds. The minimum absolute atomic E-state index is 0. The van der Waals surface area contributed by atoms with Gasteiger partial charge in [0.15, 0.2) is 0 Å². The van der Waals surface area contributed by atoms with Gasteiger partial charge in [-0.1, -0.05) is 0 Å². The van der Waals surface area contributed by atoms with Crippen LogP contribution in [-0.4, -0.2) is 39.9 Å². The number of imide groups is 1. The molecular formula is C14H20ClN5O2. The van der Waals surface area contributed by atoms with Crippen LogP contribution in [0.4, 0.5) is 5.95 Å². The van der Waals surface area contributed by atoms with Crippen molar-refractivity contribution in [2.75, 3.05) is 18.5 Å². The number of aromatic nitrogens is 2. The Kier molecular flexibility index (Phi) is 5.68. The van der Waals surface area contributed by atoms with Crippen LogP contribution in [0.25, 0.3) is 0 Å². The van der Waals surface area contributed by atoms with Crippen molar-refractivity contribution in [3.8, 4) is 0 Å². The lowest BCUT2D eigenvalue weighted by Crippen LogP contribution is -2.44. The van der Waals surface area contributed by atoms with Gasteiger partial charge in [-0.2, -0.15) is 5.01 Å². The maximum absolute atomic E-state index is 11.7. The molecule has 2 aliphatic heterocycles. The summed E-state index contributed by atoms with van der Waals surface area (Å²) in [4.78, 5) is 31.9. The number of nitrogens with one attached hydrogen (secondary N) is 2. The third kappa shape index (κ3) is 3.72. The Hall–Kier alpha value is -1.73. The summed E-state index contributed by atoms with van der Waals surface area (Å²) in [6.45, 7) is 2.03. The molecule has 120 valence electrons. The molecule has 2 fully saturated rings. The number of hydrogen-bond donors (Lipinski definition) is 2. The number of piperidine rings is 2. The Labute approximate surface area is 135 Å². The Bertz CT molecular complexity index is 515. The number of carbonyl (C=O) groups is 2. The van der Waals surface area contributed by atoms with E-state index in [4.69, 9.17) is 0 Å².